The highest BCUT2D eigenvalue weighted by atomic mass is 16.5. The Kier molecular flexibility index (Phi) is 3.62. The van der Waals surface area contributed by atoms with Gasteiger partial charge in [0.15, 0.2) is 0 Å². The van der Waals surface area contributed by atoms with Crippen molar-refractivity contribution in [2.45, 2.75) is 12.6 Å². The second-order valence-corrected chi connectivity index (χ2v) is 3.77. The third-order valence-electron chi connectivity index (χ3n) is 2.26. The second kappa shape index (κ2) is 5.36. The molecule has 5 heteroatoms. The molecule has 2 aromatic rings. The summed E-state index contributed by atoms with van der Waals surface area (Å²) in [6.07, 6.45) is 2.87. The molecule has 0 aliphatic rings. The van der Waals surface area contributed by atoms with Crippen LogP contribution < -0.4 is 10.5 Å². The molecule has 1 heterocycles. The van der Waals surface area contributed by atoms with Crippen LogP contribution in [0.2, 0.25) is 0 Å². The van der Waals surface area contributed by atoms with Crippen LogP contribution >= 0.6 is 0 Å². The van der Waals surface area contributed by atoms with Crippen LogP contribution in [0.4, 0.5) is 5.69 Å². The lowest BCUT2D eigenvalue weighted by atomic mass is 10.3. The van der Waals surface area contributed by atoms with Crippen molar-refractivity contribution in [3.63, 3.8) is 0 Å². The van der Waals surface area contributed by atoms with E-state index < -0.39 is 6.10 Å². The van der Waals surface area contributed by atoms with Crippen LogP contribution in [-0.2, 0) is 6.54 Å². The van der Waals surface area contributed by atoms with Gasteiger partial charge in [-0.2, -0.15) is 5.10 Å². The molecule has 1 atom stereocenters. The van der Waals surface area contributed by atoms with E-state index in [1.54, 1.807) is 35.3 Å². The highest BCUT2D eigenvalue weighted by Crippen LogP contribution is 2.14. The Hall–Kier alpha value is -2.01. The third kappa shape index (κ3) is 3.49. The lowest BCUT2D eigenvalue weighted by Gasteiger charge is -2.12. The van der Waals surface area contributed by atoms with Gasteiger partial charge in [-0.3, -0.25) is 4.68 Å². The fourth-order valence-corrected chi connectivity index (χ4v) is 1.47. The SMILES string of the molecule is Nc1cccc(OCC(O)Cn2cccn2)c1. The van der Waals surface area contributed by atoms with Gasteiger partial charge in [0.25, 0.3) is 0 Å². The first-order valence-corrected chi connectivity index (χ1v) is 5.38. The largest absolute Gasteiger partial charge is 0.491 e. The number of hydrogen-bond acceptors (Lipinski definition) is 4. The molecular weight excluding hydrogens is 218 g/mol. The van der Waals surface area contributed by atoms with Crippen LogP contribution in [0.5, 0.6) is 5.75 Å². The highest BCUT2D eigenvalue weighted by molar-refractivity contribution is 5.43. The van der Waals surface area contributed by atoms with Crippen LogP contribution in [0.1, 0.15) is 0 Å². The standard InChI is InChI=1S/C12H15N3O2/c13-10-3-1-4-12(7-10)17-9-11(16)8-15-6-2-5-14-15/h1-7,11,16H,8-9,13H2. The molecule has 3 N–H and O–H groups in total. The number of rotatable bonds is 5. The monoisotopic (exact) mass is 233 g/mol. The van der Waals surface area contributed by atoms with Gasteiger partial charge in [0.1, 0.15) is 18.5 Å². The minimum atomic E-state index is -0.601. The topological polar surface area (TPSA) is 73.3 Å². The van der Waals surface area contributed by atoms with E-state index in [4.69, 9.17) is 10.5 Å². The zero-order valence-electron chi connectivity index (χ0n) is 9.36. The van der Waals surface area contributed by atoms with Crippen molar-refractivity contribution in [3.05, 3.63) is 42.7 Å². The van der Waals surface area contributed by atoms with Crippen LogP contribution in [0.15, 0.2) is 42.7 Å². The van der Waals surface area contributed by atoms with Crippen LogP contribution in [0.3, 0.4) is 0 Å². The molecular formula is C12H15N3O2. The smallest absolute Gasteiger partial charge is 0.121 e. The third-order valence-corrected chi connectivity index (χ3v) is 2.26. The van der Waals surface area contributed by atoms with Crippen molar-refractivity contribution in [1.29, 1.82) is 0 Å². The molecule has 0 spiro atoms. The molecule has 0 aliphatic carbocycles. The highest BCUT2D eigenvalue weighted by Gasteiger charge is 2.06. The van der Waals surface area contributed by atoms with Gasteiger partial charge in [0, 0.05) is 24.1 Å². The van der Waals surface area contributed by atoms with E-state index in [0.717, 1.165) is 0 Å². The molecule has 5 nitrogen and oxygen atoms in total. The van der Waals surface area contributed by atoms with Gasteiger partial charge in [-0.15, -0.1) is 0 Å². The summed E-state index contributed by atoms with van der Waals surface area (Å²) in [6, 6.07) is 8.93. The van der Waals surface area contributed by atoms with Crippen molar-refractivity contribution < 1.29 is 9.84 Å². The Morgan fingerprint density at radius 2 is 2.29 bits per heavy atom. The zero-order valence-corrected chi connectivity index (χ0v) is 9.36. The molecule has 1 unspecified atom stereocenters. The Morgan fingerprint density at radius 1 is 1.41 bits per heavy atom. The maximum atomic E-state index is 9.73. The van der Waals surface area contributed by atoms with Gasteiger partial charge in [0.05, 0.1) is 6.54 Å². The van der Waals surface area contributed by atoms with Crippen LogP contribution in [0, 0.1) is 0 Å². The van der Waals surface area contributed by atoms with Gasteiger partial charge in [-0.05, 0) is 18.2 Å². The van der Waals surface area contributed by atoms with Gasteiger partial charge in [-0.1, -0.05) is 6.07 Å². The summed E-state index contributed by atoms with van der Waals surface area (Å²) in [5.74, 6) is 0.657. The molecule has 1 aromatic heterocycles. The molecule has 0 fully saturated rings. The van der Waals surface area contributed by atoms with Gasteiger partial charge >= 0.3 is 0 Å². The van der Waals surface area contributed by atoms with Crippen molar-refractivity contribution in [1.82, 2.24) is 9.78 Å². The number of benzene rings is 1. The van der Waals surface area contributed by atoms with E-state index in [1.807, 2.05) is 12.1 Å². The number of aromatic nitrogens is 2. The molecule has 0 saturated carbocycles. The summed E-state index contributed by atoms with van der Waals surface area (Å²) < 4.78 is 7.09. The van der Waals surface area contributed by atoms with Crippen molar-refractivity contribution in [2.24, 2.45) is 0 Å². The van der Waals surface area contributed by atoms with Crippen LogP contribution in [0.25, 0.3) is 0 Å². The Labute approximate surface area is 99.4 Å². The lowest BCUT2D eigenvalue weighted by molar-refractivity contribution is 0.0894. The fraction of sp³-hybridized carbons (Fsp3) is 0.250. The summed E-state index contributed by atoms with van der Waals surface area (Å²) in [5.41, 5.74) is 6.26. The number of anilines is 1. The van der Waals surface area contributed by atoms with E-state index in [9.17, 15) is 5.11 Å². The quantitative estimate of drug-likeness (QED) is 0.753. The number of nitrogens with zero attached hydrogens (tertiary/aromatic N) is 2. The van der Waals surface area contributed by atoms with Crippen molar-refractivity contribution in [3.8, 4) is 5.75 Å². The molecule has 2 rings (SSSR count). The first-order valence-electron chi connectivity index (χ1n) is 5.38. The zero-order chi connectivity index (χ0) is 12.1. The predicted molar refractivity (Wildman–Crippen MR) is 64.6 cm³/mol. The van der Waals surface area contributed by atoms with E-state index in [1.165, 1.54) is 0 Å². The molecule has 0 amide bonds. The Morgan fingerprint density at radius 3 is 3.00 bits per heavy atom. The number of aliphatic hydroxyl groups is 1. The van der Waals surface area contributed by atoms with Gasteiger partial charge < -0.3 is 15.6 Å². The molecule has 90 valence electrons. The predicted octanol–water partition coefficient (Wildman–Crippen LogP) is 0.905. The summed E-state index contributed by atoms with van der Waals surface area (Å²) >= 11 is 0. The van der Waals surface area contributed by atoms with Gasteiger partial charge in [-0.25, -0.2) is 0 Å². The van der Waals surface area contributed by atoms with Crippen LogP contribution in [-0.4, -0.2) is 27.6 Å². The van der Waals surface area contributed by atoms with E-state index in [2.05, 4.69) is 5.10 Å². The number of hydrogen-bond donors (Lipinski definition) is 2. The second-order valence-electron chi connectivity index (χ2n) is 3.77. The number of nitrogen functional groups attached to an aromatic ring is 1. The van der Waals surface area contributed by atoms with Crippen molar-refractivity contribution in [2.75, 3.05) is 12.3 Å². The summed E-state index contributed by atoms with van der Waals surface area (Å²) in [4.78, 5) is 0. The van der Waals surface area contributed by atoms with Gasteiger partial charge in [0.2, 0.25) is 0 Å². The molecule has 0 saturated heterocycles. The maximum Gasteiger partial charge on any atom is 0.121 e. The maximum absolute atomic E-state index is 9.73. The van der Waals surface area contributed by atoms with E-state index in [-0.39, 0.29) is 6.61 Å². The average Bonchev–Trinajstić information content (AvgIpc) is 2.79. The summed E-state index contributed by atoms with van der Waals surface area (Å²) in [7, 11) is 0. The minimum absolute atomic E-state index is 0.212. The van der Waals surface area contributed by atoms with Crippen molar-refractivity contribution >= 4 is 5.69 Å². The average molecular weight is 233 g/mol. The normalized spacial score (nSPS) is 12.3. The fourth-order valence-electron chi connectivity index (χ4n) is 1.47. The number of aliphatic hydroxyl groups excluding tert-OH is 1. The number of nitrogens with two attached hydrogens (primary N) is 1. The first kappa shape index (κ1) is 11.5. The first-order chi connectivity index (χ1) is 8.24. The molecule has 0 aliphatic heterocycles. The van der Waals surface area contributed by atoms with E-state index >= 15 is 0 Å². The summed E-state index contributed by atoms with van der Waals surface area (Å²) in [5, 5.41) is 13.7. The minimum Gasteiger partial charge on any atom is -0.491 e. The molecule has 17 heavy (non-hydrogen) atoms. The number of ether oxygens (including phenoxy) is 1. The Balaban J connectivity index is 1.82. The summed E-state index contributed by atoms with van der Waals surface area (Å²) in [6.45, 7) is 0.624. The molecule has 0 bridgehead atoms. The molecule has 1 aromatic carbocycles. The molecule has 0 radical (unpaired) electrons. The lowest BCUT2D eigenvalue weighted by Crippen LogP contribution is -2.23. The Bertz CT molecular complexity index is 457. The van der Waals surface area contributed by atoms with E-state index in [0.29, 0.717) is 18.0 Å².